The van der Waals surface area contributed by atoms with Crippen LogP contribution in [0.5, 0.6) is 0 Å². The van der Waals surface area contributed by atoms with Crippen molar-refractivity contribution < 1.29 is 13.9 Å². The van der Waals surface area contributed by atoms with Gasteiger partial charge < -0.3 is 9.67 Å². The van der Waals surface area contributed by atoms with Crippen LogP contribution < -0.4 is 0 Å². The second kappa shape index (κ2) is 7.38. The molecule has 0 unspecified atom stereocenters. The molecule has 1 aromatic carbocycles. The first kappa shape index (κ1) is 17.0. The molecule has 3 rings (SSSR count). The molecule has 130 valence electrons. The highest BCUT2D eigenvalue weighted by molar-refractivity contribution is 5.20. The molecular formula is C17H22F2N4O. The number of nitrogens with zero attached hydrogens (tertiary/aromatic N) is 4. The highest BCUT2D eigenvalue weighted by Crippen LogP contribution is 2.18. The summed E-state index contributed by atoms with van der Waals surface area (Å²) in [5.41, 5.74) is 0.407. The molecule has 1 saturated heterocycles. The van der Waals surface area contributed by atoms with E-state index < -0.39 is 17.7 Å². The fourth-order valence-electron chi connectivity index (χ4n) is 2.95. The van der Waals surface area contributed by atoms with Crippen LogP contribution in [-0.2, 0) is 13.6 Å². The van der Waals surface area contributed by atoms with Crippen LogP contribution in [0.1, 0.15) is 17.5 Å². The highest BCUT2D eigenvalue weighted by Gasteiger charge is 2.21. The number of hydrogen-bond donors (Lipinski definition) is 1. The number of aryl methyl sites for hydroxylation is 1. The molecule has 24 heavy (non-hydrogen) atoms. The van der Waals surface area contributed by atoms with Crippen LogP contribution in [0.4, 0.5) is 8.78 Å². The van der Waals surface area contributed by atoms with Crippen LogP contribution in [0.25, 0.3) is 0 Å². The zero-order valence-electron chi connectivity index (χ0n) is 13.7. The molecule has 0 spiro atoms. The van der Waals surface area contributed by atoms with Crippen molar-refractivity contribution in [3.8, 4) is 0 Å². The maximum atomic E-state index is 13.3. The summed E-state index contributed by atoms with van der Waals surface area (Å²) in [7, 11) is 1.98. The molecule has 0 amide bonds. The number of benzene rings is 1. The number of rotatable bonds is 5. The zero-order chi connectivity index (χ0) is 17.1. The second-order valence-corrected chi connectivity index (χ2v) is 6.22. The maximum absolute atomic E-state index is 13.3. The minimum absolute atomic E-state index is 0.407. The first-order valence-electron chi connectivity index (χ1n) is 8.07. The van der Waals surface area contributed by atoms with Crippen LogP contribution >= 0.6 is 0 Å². The number of aliphatic hydroxyl groups is 1. The fraction of sp³-hybridized carbons (Fsp3) is 0.471. The maximum Gasteiger partial charge on any atom is 0.159 e. The van der Waals surface area contributed by atoms with E-state index >= 15 is 0 Å². The van der Waals surface area contributed by atoms with Crippen LogP contribution in [0.15, 0.2) is 30.6 Å². The van der Waals surface area contributed by atoms with Gasteiger partial charge in [-0.25, -0.2) is 13.8 Å². The lowest BCUT2D eigenvalue weighted by Gasteiger charge is -2.35. The topological polar surface area (TPSA) is 44.5 Å². The number of halogens is 2. The molecule has 1 N–H and O–H groups in total. The Morgan fingerprint density at radius 1 is 1.12 bits per heavy atom. The first-order chi connectivity index (χ1) is 11.5. The van der Waals surface area contributed by atoms with E-state index in [4.69, 9.17) is 0 Å². The summed E-state index contributed by atoms with van der Waals surface area (Å²) in [5, 5.41) is 10.2. The normalized spacial score (nSPS) is 18.0. The Morgan fingerprint density at radius 3 is 2.46 bits per heavy atom. The molecule has 5 nitrogen and oxygen atoms in total. The van der Waals surface area contributed by atoms with E-state index in [1.165, 1.54) is 6.07 Å². The van der Waals surface area contributed by atoms with E-state index in [-0.39, 0.29) is 0 Å². The van der Waals surface area contributed by atoms with Gasteiger partial charge in [-0.05, 0) is 17.7 Å². The Balaban J connectivity index is 1.49. The average molecular weight is 336 g/mol. The monoisotopic (exact) mass is 336 g/mol. The Bertz CT molecular complexity index is 683. The van der Waals surface area contributed by atoms with Crippen molar-refractivity contribution >= 4 is 0 Å². The summed E-state index contributed by atoms with van der Waals surface area (Å²) in [4.78, 5) is 8.80. The summed E-state index contributed by atoms with van der Waals surface area (Å²) in [5.74, 6) is -0.787. The van der Waals surface area contributed by atoms with Crippen LogP contribution in [0, 0.1) is 11.6 Å². The number of piperazine rings is 1. The van der Waals surface area contributed by atoms with Crippen molar-refractivity contribution in [1.82, 2.24) is 19.4 Å². The molecule has 1 aliphatic rings. The third-order valence-electron chi connectivity index (χ3n) is 4.51. The van der Waals surface area contributed by atoms with Gasteiger partial charge in [0.05, 0.1) is 12.6 Å². The zero-order valence-corrected chi connectivity index (χ0v) is 13.7. The van der Waals surface area contributed by atoms with Gasteiger partial charge in [0, 0.05) is 52.2 Å². The van der Waals surface area contributed by atoms with Crippen LogP contribution in [0.2, 0.25) is 0 Å². The molecule has 0 radical (unpaired) electrons. The molecule has 0 aliphatic carbocycles. The molecule has 1 atom stereocenters. The molecular weight excluding hydrogens is 314 g/mol. The van der Waals surface area contributed by atoms with Crippen molar-refractivity contribution in [2.45, 2.75) is 12.6 Å². The molecule has 2 aromatic rings. The Hall–Kier alpha value is -1.83. The van der Waals surface area contributed by atoms with E-state index in [2.05, 4.69) is 14.8 Å². The van der Waals surface area contributed by atoms with Gasteiger partial charge in [-0.15, -0.1) is 0 Å². The van der Waals surface area contributed by atoms with Gasteiger partial charge in [0.15, 0.2) is 11.6 Å². The number of hydrogen-bond acceptors (Lipinski definition) is 4. The van der Waals surface area contributed by atoms with Gasteiger partial charge in [-0.1, -0.05) is 6.07 Å². The second-order valence-electron chi connectivity index (χ2n) is 6.22. The molecule has 7 heteroatoms. The van der Waals surface area contributed by atoms with Crippen molar-refractivity contribution in [3.63, 3.8) is 0 Å². The predicted octanol–water partition coefficient (Wildman–Crippen LogP) is 1.55. The summed E-state index contributed by atoms with van der Waals surface area (Å²) < 4.78 is 28.2. The van der Waals surface area contributed by atoms with Crippen molar-refractivity contribution in [2.75, 3.05) is 32.7 Å². The van der Waals surface area contributed by atoms with E-state index in [9.17, 15) is 13.9 Å². The summed E-state index contributed by atoms with van der Waals surface area (Å²) >= 11 is 0. The first-order valence-corrected chi connectivity index (χ1v) is 8.07. The fourth-order valence-corrected chi connectivity index (χ4v) is 2.95. The average Bonchev–Trinajstić information content (AvgIpc) is 2.97. The standard InChI is InChI=1S/C17H22F2N4O/c1-21-5-4-20-17(21)12-23-8-6-22(7-9-23)11-16(24)13-2-3-14(18)15(19)10-13/h2-5,10,16,24H,6-9,11-12H2,1H3/t16-/m0/s1. The lowest BCUT2D eigenvalue weighted by atomic mass is 10.1. The number of imidazole rings is 1. The molecule has 1 aromatic heterocycles. The smallest absolute Gasteiger partial charge is 0.159 e. The quantitative estimate of drug-likeness (QED) is 0.900. The number of aliphatic hydroxyl groups excluding tert-OH is 1. The van der Waals surface area contributed by atoms with Crippen LogP contribution in [-0.4, -0.2) is 57.2 Å². The lowest BCUT2D eigenvalue weighted by Crippen LogP contribution is -2.47. The van der Waals surface area contributed by atoms with E-state index in [0.29, 0.717) is 12.1 Å². The largest absolute Gasteiger partial charge is 0.387 e. The molecule has 0 bridgehead atoms. The van der Waals surface area contributed by atoms with E-state index in [1.807, 2.05) is 17.8 Å². The van der Waals surface area contributed by atoms with Gasteiger partial charge in [-0.3, -0.25) is 9.80 Å². The van der Waals surface area contributed by atoms with Gasteiger partial charge in [-0.2, -0.15) is 0 Å². The summed E-state index contributed by atoms with van der Waals surface area (Å²) in [6, 6.07) is 3.55. The van der Waals surface area contributed by atoms with Crippen molar-refractivity contribution in [2.24, 2.45) is 7.05 Å². The van der Waals surface area contributed by atoms with Gasteiger partial charge >= 0.3 is 0 Å². The Labute approximate surface area is 140 Å². The van der Waals surface area contributed by atoms with Gasteiger partial charge in [0.2, 0.25) is 0 Å². The van der Waals surface area contributed by atoms with E-state index in [1.54, 1.807) is 6.20 Å². The van der Waals surface area contributed by atoms with Gasteiger partial charge in [0.1, 0.15) is 5.82 Å². The summed E-state index contributed by atoms with van der Waals surface area (Å²) in [6.07, 6.45) is 2.91. The van der Waals surface area contributed by atoms with Crippen molar-refractivity contribution in [3.05, 3.63) is 53.6 Å². The number of β-amino-alcohol motifs (C(OH)–C–C–N with tert-alkyl or cyclic N) is 1. The Kier molecular flexibility index (Phi) is 5.23. The lowest BCUT2D eigenvalue weighted by molar-refractivity contribution is 0.0688. The third-order valence-corrected chi connectivity index (χ3v) is 4.51. The molecule has 2 heterocycles. The SMILES string of the molecule is Cn1ccnc1CN1CCN(C[C@H](O)c2ccc(F)c(F)c2)CC1. The highest BCUT2D eigenvalue weighted by atomic mass is 19.2. The minimum atomic E-state index is -0.925. The van der Waals surface area contributed by atoms with Crippen LogP contribution in [0.3, 0.4) is 0 Å². The number of aromatic nitrogens is 2. The summed E-state index contributed by atoms with van der Waals surface area (Å²) in [6.45, 7) is 4.65. The Morgan fingerprint density at radius 2 is 1.83 bits per heavy atom. The van der Waals surface area contributed by atoms with Gasteiger partial charge in [0.25, 0.3) is 0 Å². The molecule has 0 saturated carbocycles. The van der Waals surface area contributed by atoms with E-state index in [0.717, 1.165) is 50.7 Å². The predicted molar refractivity (Wildman–Crippen MR) is 86.2 cm³/mol. The molecule has 1 aliphatic heterocycles. The third kappa shape index (κ3) is 3.98. The van der Waals surface area contributed by atoms with Crippen molar-refractivity contribution in [1.29, 1.82) is 0 Å². The molecule has 1 fully saturated rings. The minimum Gasteiger partial charge on any atom is -0.387 e.